The van der Waals surface area contributed by atoms with E-state index in [9.17, 15) is 18.0 Å². The molecular formula is C25H26N2O5S. The fourth-order valence-corrected chi connectivity index (χ4v) is 7.08. The van der Waals surface area contributed by atoms with Crippen molar-refractivity contribution >= 4 is 21.8 Å². The molecule has 0 aromatic heterocycles. The Balaban J connectivity index is 1.40. The standard InChI is InChI=1S/C25H26N2O5S/c1-15-11-16(2)22(17(3)12-15)33(30,31)26-14-25-10-9-19(32-25)20-21(25)24(29)27(23(20)28)13-18-7-5-4-6-8-18/h4-12,19-21,26H,13-14H2,1-3H3/t19-,20+,21-,25-/m1/s1. The number of rotatable bonds is 6. The molecule has 0 radical (unpaired) electrons. The fourth-order valence-electron chi connectivity index (χ4n) is 5.56. The van der Waals surface area contributed by atoms with Crippen LogP contribution in [-0.4, -0.2) is 43.4 Å². The van der Waals surface area contributed by atoms with Crippen molar-refractivity contribution in [3.8, 4) is 0 Å². The molecule has 3 aliphatic heterocycles. The Labute approximate surface area is 193 Å². The molecule has 3 heterocycles. The number of amides is 2. The summed E-state index contributed by atoms with van der Waals surface area (Å²) < 4.78 is 35.1. The van der Waals surface area contributed by atoms with Crippen molar-refractivity contribution in [3.63, 3.8) is 0 Å². The van der Waals surface area contributed by atoms with E-state index in [0.29, 0.717) is 11.1 Å². The van der Waals surface area contributed by atoms with Gasteiger partial charge in [0, 0.05) is 6.54 Å². The van der Waals surface area contributed by atoms with Gasteiger partial charge in [-0.05, 0) is 37.5 Å². The zero-order valence-electron chi connectivity index (χ0n) is 18.7. The summed E-state index contributed by atoms with van der Waals surface area (Å²) in [6, 6.07) is 13.0. The maximum atomic E-state index is 13.4. The van der Waals surface area contributed by atoms with Crippen LogP contribution in [0.25, 0.3) is 0 Å². The van der Waals surface area contributed by atoms with Crippen LogP contribution in [0.1, 0.15) is 22.3 Å². The number of sulfonamides is 1. The Kier molecular flexibility index (Phi) is 5.08. The highest BCUT2D eigenvalue weighted by Crippen LogP contribution is 2.51. The number of hydrogen-bond acceptors (Lipinski definition) is 5. The number of hydrogen-bond donors (Lipinski definition) is 1. The monoisotopic (exact) mass is 466 g/mol. The Morgan fingerprint density at radius 3 is 2.36 bits per heavy atom. The second kappa shape index (κ2) is 7.62. The number of imide groups is 1. The number of ether oxygens (including phenoxy) is 1. The van der Waals surface area contributed by atoms with Crippen LogP contribution in [0.3, 0.4) is 0 Å². The van der Waals surface area contributed by atoms with Gasteiger partial charge in [-0.25, -0.2) is 13.1 Å². The van der Waals surface area contributed by atoms with E-state index in [1.165, 1.54) is 4.90 Å². The van der Waals surface area contributed by atoms with Crippen molar-refractivity contribution in [1.29, 1.82) is 0 Å². The van der Waals surface area contributed by atoms with Crippen molar-refractivity contribution in [1.82, 2.24) is 9.62 Å². The molecule has 172 valence electrons. The summed E-state index contributed by atoms with van der Waals surface area (Å²) in [6.45, 7) is 5.53. The molecule has 2 aromatic carbocycles. The number of fused-ring (bicyclic) bond motifs is 5. The largest absolute Gasteiger partial charge is 0.361 e. The minimum atomic E-state index is -3.85. The van der Waals surface area contributed by atoms with Crippen LogP contribution in [0, 0.1) is 32.6 Å². The maximum Gasteiger partial charge on any atom is 0.241 e. The van der Waals surface area contributed by atoms with Crippen LogP contribution < -0.4 is 4.72 Å². The number of carbonyl (C=O) groups excluding carboxylic acids is 2. The molecule has 2 fully saturated rings. The Morgan fingerprint density at radius 2 is 1.70 bits per heavy atom. The van der Waals surface area contributed by atoms with Crippen LogP contribution in [0.5, 0.6) is 0 Å². The normalized spacial score (nSPS) is 28.1. The molecule has 2 saturated heterocycles. The quantitative estimate of drug-likeness (QED) is 0.521. The molecule has 2 bridgehead atoms. The first-order valence-corrected chi connectivity index (χ1v) is 12.5. The minimum absolute atomic E-state index is 0.117. The van der Waals surface area contributed by atoms with Crippen LogP contribution in [0.4, 0.5) is 0 Å². The molecule has 33 heavy (non-hydrogen) atoms. The lowest BCUT2D eigenvalue weighted by atomic mass is 9.77. The fraction of sp³-hybridized carbons (Fsp3) is 0.360. The zero-order chi connectivity index (χ0) is 23.5. The summed E-state index contributed by atoms with van der Waals surface area (Å²) in [7, 11) is -3.85. The average molecular weight is 467 g/mol. The highest BCUT2D eigenvalue weighted by atomic mass is 32.2. The summed E-state index contributed by atoms with van der Waals surface area (Å²) in [5, 5.41) is 0. The molecular weight excluding hydrogens is 440 g/mol. The Bertz CT molecular complexity index is 1260. The summed E-state index contributed by atoms with van der Waals surface area (Å²) in [5.41, 5.74) is 1.99. The van der Waals surface area contributed by atoms with Gasteiger partial charge >= 0.3 is 0 Å². The second-order valence-corrected chi connectivity index (χ2v) is 10.9. The maximum absolute atomic E-state index is 13.4. The third-order valence-corrected chi connectivity index (χ3v) is 8.55. The summed E-state index contributed by atoms with van der Waals surface area (Å²) in [6.07, 6.45) is 2.99. The van der Waals surface area contributed by atoms with E-state index >= 15 is 0 Å². The number of nitrogens with zero attached hydrogens (tertiary/aromatic N) is 1. The van der Waals surface area contributed by atoms with Crippen LogP contribution in [0.15, 0.2) is 59.5 Å². The molecule has 0 unspecified atom stereocenters. The molecule has 5 rings (SSSR count). The van der Waals surface area contributed by atoms with Crippen molar-refractivity contribution in [3.05, 3.63) is 76.9 Å². The molecule has 0 saturated carbocycles. The van der Waals surface area contributed by atoms with E-state index in [1.807, 2.05) is 49.4 Å². The van der Waals surface area contributed by atoms with Crippen molar-refractivity contribution < 1.29 is 22.7 Å². The molecule has 8 heteroatoms. The van der Waals surface area contributed by atoms with Crippen LogP contribution >= 0.6 is 0 Å². The predicted octanol–water partition coefficient (Wildman–Crippen LogP) is 2.40. The molecule has 0 aliphatic carbocycles. The lowest BCUT2D eigenvalue weighted by molar-refractivity contribution is -0.144. The second-order valence-electron chi connectivity index (χ2n) is 9.20. The van der Waals surface area contributed by atoms with E-state index in [0.717, 1.165) is 11.1 Å². The molecule has 0 spiro atoms. The smallest absolute Gasteiger partial charge is 0.241 e. The Hall–Kier alpha value is -2.81. The number of aryl methyl sites for hydroxylation is 3. The first-order valence-electron chi connectivity index (χ1n) is 11.0. The van der Waals surface area contributed by atoms with Gasteiger partial charge in [0.2, 0.25) is 21.8 Å². The summed E-state index contributed by atoms with van der Waals surface area (Å²) in [5.74, 6) is -1.95. The topological polar surface area (TPSA) is 92.8 Å². The molecule has 1 N–H and O–H groups in total. The van der Waals surface area contributed by atoms with Gasteiger partial charge in [-0.15, -0.1) is 0 Å². The number of likely N-dealkylation sites (tertiary alicyclic amines) is 1. The van der Waals surface area contributed by atoms with Gasteiger partial charge < -0.3 is 4.74 Å². The van der Waals surface area contributed by atoms with Gasteiger partial charge in [0.05, 0.1) is 29.4 Å². The zero-order valence-corrected chi connectivity index (χ0v) is 19.6. The first-order chi connectivity index (χ1) is 15.6. The predicted molar refractivity (Wildman–Crippen MR) is 122 cm³/mol. The van der Waals surface area contributed by atoms with E-state index < -0.39 is 33.6 Å². The van der Waals surface area contributed by atoms with Gasteiger partial charge in [0.1, 0.15) is 5.60 Å². The molecule has 7 nitrogen and oxygen atoms in total. The van der Waals surface area contributed by atoms with Crippen molar-refractivity contribution in [2.45, 2.75) is 43.9 Å². The van der Waals surface area contributed by atoms with Crippen molar-refractivity contribution in [2.24, 2.45) is 11.8 Å². The van der Waals surface area contributed by atoms with E-state index in [4.69, 9.17) is 4.74 Å². The molecule has 2 aromatic rings. The molecule has 3 aliphatic rings. The lowest BCUT2D eigenvalue weighted by Gasteiger charge is -2.29. The third-order valence-electron chi connectivity index (χ3n) is 6.84. The summed E-state index contributed by atoms with van der Waals surface area (Å²) >= 11 is 0. The van der Waals surface area contributed by atoms with E-state index in [2.05, 4.69) is 4.72 Å². The lowest BCUT2D eigenvalue weighted by Crippen LogP contribution is -2.48. The highest BCUT2D eigenvalue weighted by molar-refractivity contribution is 7.89. The van der Waals surface area contributed by atoms with E-state index in [-0.39, 0.29) is 29.8 Å². The molecule has 4 atom stereocenters. The average Bonchev–Trinajstić information content (AvgIpc) is 3.39. The number of nitrogens with one attached hydrogen (secondary N) is 1. The summed E-state index contributed by atoms with van der Waals surface area (Å²) in [4.78, 5) is 28.0. The third kappa shape index (κ3) is 3.44. The van der Waals surface area contributed by atoms with Gasteiger partial charge in [0.15, 0.2) is 0 Å². The van der Waals surface area contributed by atoms with Crippen LogP contribution in [-0.2, 0) is 30.9 Å². The van der Waals surface area contributed by atoms with Gasteiger partial charge in [0.25, 0.3) is 0 Å². The van der Waals surface area contributed by atoms with Gasteiger partial charge in [-0.3, -0.25) is 14.5 Å². The first kappa shape index (κ1) is 22.0. The Morgan fingerprint density at radius 1 is 1.03 bits per heavy atom. The molecule has 2 amide bonds. The van der Waals surface area contributed by atoms with Crippen molar-refractivity contribution in [2.75, 3.05) is 6.54 Å². The SMILES string of the molecule is Cc1cc(C)c(S(=O)(=O)NC[C@@]23C=C[C@@H](O2)[C@@H]2C(=O)N(Cc4ccccc4)C(=O)[C@@H]23)c(C)c1. The van der Waals surface area contributed by atoms with E-state index in [1.54, 1.807) is 26.0 Å². The number of benzene rings is 2. The van der Waals surface area contributed by atoms with Gasteiger partial charge in [-0.2, -0.15) is 0 Å². The minimum Gasteiger partial charge on any atom is -0.361 e. The highest BCUT2D eigenvalue weighted by Gasteiger charge is 2.67. The number of carbonyl (C=O) groups is 2. The van der Waals surface area contributed by atoms with Crippen LogP contribution in [0.2, 0.25) is 0 Å². The van der Waals surface area contributed by atoms with Gasteiger partial charge in [-0.1, -0.05) is 60.2 Å².